The first-order valence-corrected chi connectivity index (χ1v) is 22.0. The lowest BCUT2D eigenvalue weighted by molar-refractivity contribution is -0.0292. The molecule has 14 nitrogen and oxygen atoms in total. The van der Waals surface area contributed by atoms with Crippen molar-refractivity contribution in [2.45, 2.75) is 96.8 Å². The summed E-state index contributed by atoms with van der Waals surface area (Å²) >= 11 is 0. The van der Waals surface area contributed by atoms with Gasteiger partial charge in [-0.1, -0.05) is 90.4 Å². The van der Waals surface area contributed by atoms with Crippen molar-refractivity contribution in [1.82, 2.24) is 0 Å². The number of aliphatic hydroxyl groups excluding tert-OH is 1. The van der Waals surface area contributed by atoms with E-state index in [1.54, 1.807) is 0 Å². The van der Waals surface area contributed by atoms with Gasteiger partial charge in [0, 0.05) is 6.61 Å². The molecule has 338 valence electrons. The van der Waals surface area contributed by atoms with Crippen LogP contribution in [0.15, 0.2) is 0 Å². The van der Waals surface area contributed by atoms with Gasteiger partial charge in [-0.2, -0.15) is 0 Å². The average molecular weight is 815 g/mol. The summed E-state index contributed by atoms with van der Waals surface area (Å²) in [5.74, 6) is 0. The van der Waals surface area contributed by atoms with E-state index in [-0.39, 0.29) is 6.61 Å². The average Bonchev–Trinajstić information content (AvgIpc) is 3.21. The van der Waals surface area contributed by atoms with Crippen LogP contribution in [0, 0.1) is 0 Å². The van der Waals surface area contributed by atoms with Crippen molar-refractivity contribution in [3.05, 3.63) is 0 Å². The predicted octanol–water partition coefficient (Wildman–Crippen LogP) is 5.68. The Morgan fingerprint density at radius 1 is 0.196 bits per heavy atom. The van der Waals surface area contributed by atoms with Crippen molar-refractivity contribution >= 4 is 0 Å². The van der Waals surface area contributed by atoms with Crippen molar-refractivity contribution < 1.29 is 66.7 Å². The molecule has 0 aromatic heterocycles. The Morgan fingerprint density at radius 2 is 0.357 bits per heavy atom. The molecule has 56 heavy (non-hydrogen) atoms. The van der Waals surface area contributed by atoms with Gasteiger partial charge in [-0.3, -0.25) is 0 Å². The van der Waals surface area contributed by atoms with Crippen molar-refractivity contribution in [3.63, 3.8) is 0 Å². The number of aliphatic hydroxyl groups is 1. The highest BCUT2D eigenvalue weighted by molar-refractivity contribution is 4.49. The van der Waals surface area contributed by atoms with Gasteiger partial charge < -0.3 is 66.7 Å². The van der Waals surface area contributed by atoms with E-state index in [4.69, 9.17) is 66.7 Å². The summed E-state index contributed by atoms with van der Waals surface area (Å²) in [6.45, 7) is 16.1. The topological polar surface area (TPSA) is 140 Å². The first-order valence-electron chi connectivity index (χ1n) is 22.0. The molecule has 0 aliphatic carbocycles. The molecular weight excluding hydrogens is 728 g/mol. The van der Waals surface area contributed by atoms with Gasteiger partial charge in [-0.05, 0) is 6.42 Å². The van der Waals surface area contributed by atoms with Crippen molar-refractivity contribution in [3.8, 4) is 0 Å². The highest BCUT2D eigenvalue weighted by atomic mass is 16.6. The molecular formula is C42H86O14. The van der Waals surface area contributed by atoms with E-state index in [2.05, 4.69) is 6.92 Å². The van der Waals surface area contributed by atoms with Gasteiger partial charge in [0.1, 0.15) is 0 Å². The molecule has 0 saturated carbocycles. The van der Waals surface area contributed by atoms with E-state index in [0.717, 1.165) is 13.0 Å². The standard InChI is InChI=1S/C42H86O14/c1-2-3-4-5-6-7-8-9-10-11-12-13-14-15-17-44-19-21-46-23-25-48-27-29-50-31-33-52-35-37-54-39-41-56-42-40-55-38-36-53-34-32-51-30-28-49-26-24-47-22-20-45-18-16-43/h43H,2-42H2,1H3. The Balaban J connectivity index is 3.05. The first kappa shape index (κ1) is 55.4. The normalized spacial score (nSPS) is 11.7. The third kappa shape index (κ3) is 53.4. The second-order valence-electron chi connectivity index (χ2n) is 13.3. The largest absolute Gasteiger partial charge is 0.394 e. The molecule has 0 aromatic carbocycles. The maximum absolute atomic E-state index is 8.59. The smallest absolute Gasteiger partial charge is 0.0701 e. The summed E-state index contributed by atoms with van der Waals surface area (Å²) in [6, 6.07) is 0. The Morgan fingerprint density at radius 3 is 0.554 bits per heavy atom. The lowest BCUT2D eigenvalue weighted by Gasteiger charge is -2.09. The number of ether oxygens (including phenoxy) is 13. The molecule has 1 N–H and O–H groups in total. The van der Waals surface area contributed by atoms with Gasteiger partial charge in [0.25, 0.3) is 0 Å². The maximum Gasteiger partial charge on any atom is 0.0701 e. The van der Waals surface area contributed by atoms with Gasteiger partial charge >= 0.3 is 0 Å². The second-order valence-corrected chi connectivity index (χ2v) is 13.3. The van der Waals surface area contributed by atoms with E-state index in [1.807, 2.05) is 0 Å². The summed E-state index contributed by atoms with van der Waals surface area (Å²) in [5.41, 5.74) is 0. The molecule has 0 atom stereocenters. The maximum atomic E-state index is 8.59. The zero-order valence-corrected chi connectivity index (χ0v) is 35.7. The highest BCUT2D eigenvalue weighted by Crippen LogP contribution is 2.13. The molecule has 0 radical (unpaired) electrons. The molecule has 0 spiro atoms. The van der Waals surface area contributed by atoms with Crippen LogP contribution in [0.4, 0.5) is 0 Å². The third-order valence-corrected chi connectivity index (χ3v) is 8.34. The van der Waals surface area contributed by atoms with Gasteiger partial charge in [-0.15, -0.1) is 0 Å². The Labute approximate surface area is 341 Å². The van der Waals surface area contributed by atoms with Crippen LogP contribution < -0.4 is 0 Å². The fraction of sp³-hybridized carbons (Fsp3) is 1.00. The summed E-state index contributed by atoms with van der Waals surface area (Å²) in [5, 5.41) is 8.59. The van der Waals surface area contributed by atoms with E-state index in [9.17, 15) is 0 Å². The minimum atomic E-state index is 0.0257. The van der Waals surface area contributed by atoms with E-state index >= 15 is 0 Å². The van der Waals surface area contributed by atoms with E-state index in [0.29, 0.717) is 165 Å². The molecule has 0 aliphatic heterocycles. The number of unbranched alkanes of at least 4 members (excludes halogenated alkanes) is 13. The summed E-state index contributed by atoms with van der Waals surface area (Å²) in [4.78, 5) is 0. The van der Waals surface area contributed by atoms with Crippen molar-refractivity contribution in [2.75, 3.05) is 178 Å². The Hall–Kier alpha value is -0.560. The summed E-state index contributed by atoms with van der Waals surface area (Å²) < 4.78 is 71.1. The van der Waals surface area contributed by atoms with Crippen LogP contribution in [0.5, 0.6) is 0 Å². The van der Waals surface area contributed by atoms with Crippen LogP contribution in [0.25, 0.3) is 0 Å². The summed E-state index contributed by atoms with van der Waals surface area (Å²) in [7, 11) is 0. The van der Waals surface area contributed by atoms with E-state index < -0.39 is 0 Å². The third-order valence-electron chi connectivity index (χ3n) is 8.34. The quantitative estimate of drug-likeness (QED) is 0.0754. The molecule has 0 unspecified atom stereocenters. The molecule has 0 heterocycles. The van der Waals surface area contributed by atoms with Gasteiger partial charge in [-0.25, -0.2) is 0 Å². The molecule has 0 bridgehead atoms. The van der Waals surface area contributed by atoms with Crippen molar-refractivity contribution in [1.29, 1.82) is 0 Å². The van der Waals surface area contributed by atoms with Crippen LogP contribution in [0.2, 0.25) is 0 Å². The molecule has 0 aromatic rings. The van der Waals surface area contributed by atoms with E-state index in [1.165, 1.54) is 83.5 Å². The molecule has 0 rings (SSSR count). The number of hydrogen-bond donors (Lipinski definition) is 1. The minimum absolute atomic E-state index is 0.0257. The second kappa shape index (κ2) is 54.4. The monoisotopic (exact) mass is 815 g/mol. The molecule has 0 saturated heterocycles. The van der Waals surface area contributed by atoms with Gasteiger partial charge in [0.2, 0.25) is 0 Å². The fourth-order valence-corrected chi connectivity index (χ4v) is 5.20. The van der Waals surface area contributed by atoms with Crippen molar-refractivity contribution in [2.24, 2.45) is 0 Å². The molecule has 0 amide bonds. The number of hydrogen-bond acceptors (Lipinski definition) is 14. The first-order chi connectivity index (χ1) is 27.9. The zero-order chi connectivity index (χ0) is 40.2. The summed E-state index contributed by atoms with van der Waals surface area (Å²) in [6.07, 6.45) is 19.2. The molecule has 0 aliphatic rings. The molecule has 14 heteroatoms. The lowest BCUT2D eigenvalue weighted by atomic mass is 10.0. The predicted molar refractivity (Wildman–Crippen MR) is 218 cm³/mol. The Bertz CT molecular complexity index is 613. The lowest BCUT2D eigenvalue weighted by Crippen LogP contribution is -2.15. The Kier molecular flexibility index (Phi) is 53.9. The molecule has 0 fully saturated rings. The zero-order valence-electron chi connectivity index (χ0n) is 35.7. The van der Waals surface area contributed by atoms with Crippen LogP contribution in [0.1, 0.15) is 96.8 Å². The van der Waals surface area contributed by atoms with Gasteiger partial charge in [0.05, 0.1) is 172 Å². The number of rotatable bonds is 53. The van der Waals surface area contributed by atoms with Crippen LogP contribution >= 0.6 is 0 Å². The fourth-order valence-electron chi connectivity index (χ4n) is 5.20. The van der Waals surface area contributed by atoms with Crippen LogP contribution in [-0.2, 0) is 61.6 Å². The van der Waals surface area contributed by atoms with Crippen LogP contribution in [-0.4, -0.2) is 183 Å². The van der Waals surface area contributed by atoms with Crippen LogP contribution in [0.3, 0.4) is 0 Å². The SMILES string of the molecule is CCCCCCCCCCCCCCCCOCCOCCOCCOCCOCCOCCOCCOCCOCCOCCOCCOCCOCCO. The minimum Gasteiger partial charge on any atom is -0.394 e. The highest BCUT2D eigenvalue weighted by Gasteiger charge is 1.98. The van der Waals surface area contributed by atoms with Gasteiger partial charge in [0.15, 0.2) is 0 Å².